The van der Waals surface area contributed by atoms with Crippen molar-refractivity contribution in [3.63, 3.8) is 0 Å². The standard InChI is InChI=1S/C12H11ClN4S2/c1-7-5-8(2)10(9(13)6-7)15-11-16-17-12(19-11)18-4-3-14/h5-6H,4H2,1-2H3,(H,15,16). The average Bonchev–Trinajstić information content (AvgIpc) is 2.79. The number of nitrogens with zero attached hydrogens (tertiary/aromatic N) is 3. The molecule has 1 N–H and O–H groups in total. The predicted molar refractivity (Wildman–Crippen MR) is 80.5 cm³/mol. The summed E-state index contributed by atoms with van der Waals surface area (Å²) in [6.45, 7) is 4.00. The van der Waals surface area contributed by atoms with E-state index in [0.29, 0.717) is 15.9 Å². The van der Waals surface area contributed by atoms with Gasteiger partial charge in [0, 0.05) is 0 Å². The molecule has 0 saturated carbocycles. The van der Waals surface area contributed by atoms with Gasteiger partial charge in [0.05, 0.1) is 22.5 Å². The molecule has 0 fully saturated rings. The Kier molecular flexibility index (Phi) is 4.64. The number of nitrogens with one attached hydrogen (secondary N) is 1. The molecule has 0 bridgehead atoms. The van der Waals surface area contributed by atoms with Crippen molar-refractivity contribution in [1.82, 2.24) is 10.2 Å². The van der Waals surface area contributed by atoms with Gasteiger partial charge in [-0.15, -0.1) is 10.2 Å². The molecule has 0 aliphatic heterocycles. The maximum Gasteiger partial charge on any atom is 0.210 e. The van der Waals surface area contributed by atoms with Crippen LogP contribution >= 0.6 is 34.7 Å². The highest BCUT2D eigenvalue weighted by atomic mass is 35.5. The highest BCUT2D eigenvalue weighted by molar-refractivity contribution is 8.01. The second-order valence-corrected chi connectivity index (χ2v) is 6.49. The first-order valence-electron chi connectivity index (χ1n) is 5.47. The summed E-state index contributed by atoms with van der Waals surface area (Å²) >= 11 is 9.00. The summed E-state index contributed by atoms with van der Waals surface area (Å²) in [5, 5.41) is 21.1. The number of benzene rings is 1. The highest BCUT2D eigenvalue weighted by Gasteiger charge is 2.09. The lowest BCUT2D eigenvalue weighted by Crippen LogP contribution is -1.94. The Morgan fingerprint density at radius 1 is 1.42 bits per heavy atom. The summed E-state index contributed by atoms with van der Waals surface area (Å²) in [6, 6.07) is 6.02. The molecule has 2 aromatic rings. The van der Waals surface area contributed by atoms with E-state index in [1.165, 1.54) is 23.1 Å². The molecule has 2 rings (SSSR count). The van der Waals surface area contributed by atoms with E-state index in [1.54, 1.807) is 0 Å². The summed E-state index contributed by atoms with van der Waals surface area (Å²) in [5.74, 6) is 0.374. The van der Waals surface area contributed by atoms with Gasteiger partial charge in [0.15, 0.2) is 4.34 Å². The lowest BCUT2D eigenvalue weighted by molar-refractivity contribution is 1.01. The van der Waals surface area contributed by atoms with Crippen LogP contribution in [0, 0.1) is 25.2 Å². The Hall–Kier alpha value is -1.29. The fraction of sp³-hybridized carbons (Fsp3) is 0.250. The van der Waals surface area contributed by atoms with Crippen LogP contribution in [0.5, 0.6) is 0 Å². The van der Waals surface area contributed by atoms with Gasteiger partial charge in [-0.3, -0.25) is 0 Å². The first kappa shape index (κ1) is 14.1. The Bertz CT molecular complexity index is 610. The molecule has 19 heavy (non-hydrogen) atoms. The average molecular weight is 311 g/mol. The summed E-state index contributed by atoms with van der Waals surface area (Å²) in [4.78, 5) is 0. The zero-order valence-corrected chi connectivity index (χ0v) is 12.8. The molecule has 0 spiro atoms. The number of rotatable bonds is 4. The van der Waals surface area contributed by atoms with Gasteiger partial charge in [-0.1, -0.05) is 40.8 Å². The number of anilines is 2. The minimum absolute atomic E-state index is 0.374. The van der Waals surface area contributed by atoms with Gasteiger partial charge < -0.3 is 5.32 Å². The van der Waals surface area contributed by atoms with Crippen molar-refractivity contribution in [2.45, 2.75) is 18.2 Å². The van der Waals surface area contributed by atoms with E-state index in [0.717, 1.165) is 21.2 Å². The van der Waals surface area contributed by atoms with Gasteiger partial charge >= 0.3 is 0 Å². The van der Waals surface area contributed by atoms with E-state index in [1.807, 2.05) is 19.9 Å². The number of aromatic nitrogens is 2. The van der Waals surface area contributed by atoms with Crippen molar-refractivity contribution < 1.29 is 0 Å². The van der Waals surface area contributed by atoms with E-state index in [9.17, 15) is 0 Å². The van der Waals surface area contributed by atoms with Gasteiger partial charge in [-0.25, -0.2) is 0 Å². The number of aryl methyl sites for hydroxylation is 2. The third kappa shape index (κ3) is 3.60. The fourth-order valence-corrected chi connectivity index (χ4v) is 3.38. The lowest BCUT2D eigenvalue weighted by Gasteiger charge is -2.09. The maximum atomic E-state index is 8.52. The quantitative estimate of drug-likeness (QED) is 0.859. The normalized spacial score (nSPS) is 10.2. The molecule has 7 heteroatoms. The minimum Gasteiger partial charge on any atom is -0.329 e. The van der Waals surface area contributed by atoms with E-state index < -0.39 is 0 Å². The van der Waals surface area contributed by atoms with Crippen molar-refractivity contribution in [3.05, 3.63) is 28.3 Å². The number of hydrogen-bond acceptors (Lipinski definition) is 6. The first-order chi connectivity index (χ1) is 9.10. The molecule has 0 amide bonds. The Morgan fingerprint density at radius 2 is 2.21 bits per heavy atom. The summed E-state index contributed by atoms with van der Waals surface area (Å²) in [5.41, 5.74) is 3.03. The molecule has 0 radical (unpaired) electrons. The Balaban J connectivity index is 2.18. The third-order valence-corrected chi connectivity index (χ3v) is 4.47. The molecule has 4 nitrogen and oxygen atoms in total. The number of halogens is 1. The molecule has 1 heterocycles. The summed E-state index contributed by atoms with van der Waals surface area (Å²) in [6.07, 6.45) is 0. The van der Waals surface area contributed by atoms with Crippen molar-refractivity contribution in [3.8, 4) is 6.07 Å². The topological polar surface area (TPSA) is 61.6 Å². The Labute approximate surface area is 124 Å². The molecule has 1 aromatic carbocycles. The van der Waals surface area contributed by atoms with Gasteiger partial charge in [0.2, 0.25) is 5.13 Å². The van der Waals surface area contributed by atoms with E-state index in [-0.39, 0.29) is 0 Å². The summed E-state index contributed by atoms with van der Waals surface area (Å²) < 4.78 is 0.768. The minimum atomic E-state index is 0.374. The van der Waals surface area contributed by atoms with Gasteiger partial charge in [0.25, 0.3) is 0 Å². The van der Waals surface area contributed by atoms with Crippen LogP contribution in [0.15, 0.2) is 16.5 Å². The predicted octanol–water partition coefficient (Wildman–Crippen LogP) is 4.17. The molecule has 98 valence electrons. The Morgan fingerprint density at radius 3 is 2.89 bits per heavy atom. The van der Waals surface area contributed by atoms with Crippen molar-refractivity contribution in [2.75, 3.05) is 11.1 Å². The van der Waals surface area contributed by atoms with Gasteiger partial charge in [-0.2, -0.15) is 5.26 Å². The highest BCUT2D eigenvalue weighted by Crippen LogP contribution is 2.33. The van der Waals surface area contributed by atoms with Crippen LogP contribution in [0.2, 0.25) is 5.02 Å². The zero-order valence-electron chi connectivity index (χ0n) is 10.4. The fourth-order valence-electron chi connectivity index (χ4n) is 1.59. The van der Waals surface area contributed by atoms with Crippen molar-refractivity contribution in [2.24, 2.45) is 0 Å². The first-order valence-corrected chi connectivity index (χ1v) is 7.65. The lowest BCUT2D eigenvalue weighted by atomic mass is 10.1. The van der Waals surface area contributed by atoms with Gasteiger partial charge in [-0.05, 0) is 31.0 Å². The second-order valence-electron chi connectivity index (χ2n) is 3.88. The molecular weight excluding hydrogens is 300 g/mol. The number of thioether (sulfide) groups is 1. The van der Waals surface area contributed by atoms with Crippen LogP contribution in [0.4, 0.5) is 10.8 Å². The van der Waals surface area contributed by atoms with E-state index in [2.05, 4.69) is 27.6 Å². The monoisotopic (exact) mass is 310 g/mol. The molecule has 0 unspecified atom stereocenters. The summed E-state index contributed by atoms with van der Waals surface area (Å²) in [7, 11) is 0. The molecular formula is C12H11ClN4S2. The third-order valence-electron chi connectivity index (χ3n) is 2.33. The largest absolute Gasteiger partial charge is 0.329 e. The van der Waals surface area contributed by atoms with Crippen LogP contribution in [0.25, 0.3) is 0 Å². The smallest absolute Gasteiger partial charge is 0.210 e. The maximum absolute atomic E-state index is 8.52. The molecule has 0 aliphatic rings. The van der Waals surface area contributed by atoms with Crippen LogP contribution < -0.4 is 5.32 Å². The molecule has 0 aliphatic carbocycles. The van der Waals surface area contributed by atoms with Crippen molar-refractivity contribution >= 4 is 45.5 Å². The second kappa shape index (κ2) is 6.24. The van der Waals surface area contributed by atoms with Crippen LogP contribution in [0.1, 0.15) is 11.1 Å². The molecule has 1 aromatic heterocycles. The number of nitriles is 1. The van der Waals surface area contributed by atoms with Crippen LogP contribution in [-0.2, 0) is 0 Å². The molecule has 0 atom stereocenters. The molecule has 0 saturated heterocycles. The van der Waals surface area contributed by atoms with E-state index >= 15 is 0 Å². The van der Waals surface area contributed by atoms with Crippen LogP contribution in [-0.4, -0.2) is 16.0 Å². The SMILES string of the molecule is Cc1cc(C)c(Nc2nnc(SCC#N)s2)c(Cl)c1. The van der Waals surface area contributed by atoms with E-state index in [4.69, 9.17) is 16.9 Å². The van der Waals surface area contributed by atoms with Crippen LogP contribution in [0.3, 0.4) is 0 Å². The van der Waals surface area contributed by atoms with Crippen molar-refractivity contribution in [1.29, 1.82) is 5.26 Å². The number of hydrogen-bond donors (Lipinski definition) is 1. The zero-order chi connectivity index (χ0) is 13.8. The van der Waals surface area contributed by atoms with Gasteiger partial charge in [0.1, 0.15) is 0 Å².